The Hall–Kier alpha value is -0.920. The molecule has 0 bridgehead atoms. The van der Waals surface area contributed by atoms with Gasteiger partial charge >= 0.3 is 18.1 Å². The lowest BCUT2D eigenvalue weighted by atomic mass is 10.2. The van der Waals surface area contributed by atoms with Crippen molar-refractivity contribution in [1.82, 2.24) is 0 Å². The first-order valence-corrected chi connectivity index (χ1v) is 2.71. The summed E-state index contributed by atoms with van der Waals surface area (Å²) >= 11 is 0. The molecule has 0 radical (unpaired) electrons. The van der Waals surface area contributed by atoms with Crippen molar-refractivity contribution in [2.45, 2.75) is 18.1 Å². The first-order valence-electron chi connectivity index (χ1n) is 2.71. The van der Waals surface area contributed by atoms with Crippen molar-refractivity contribution in [2.24, 2.45) is 0 Å². The zero-order chi connectivity index (χ0) is 10.9. The topological polar surface area (TPSA) is 29.5 Å². The van der Waals surface area contributed by atoms with Gasteiger partial charge in [-0.25, -0.2) is 0 Å². The largest absolute Gasteiger partial charge is 0.465 e. The summed E-state index contributed by atoms with van der Waals surface area (Å²) in [6.45, 7) is 2.49. The van der Waals surface area contributed by atoms with E-state index in [4.69, 9.17) is 5.11 Å². The fourth-order valence-electron chi connectivity index (χ4n) is 0.415. The van der Waals surface area contributed by atoms with Gasteiger partial charge in [-0.15, -0.1) is 0 Å². The van der Waals surface area contributed by atoms with Gasteiger partial charge in [0.1, 0.15) is 0 Å². The van der Waals surface area contributed by atoms with E-state index in [1.54, 1.807) is 0 Å². The lowest BCUT2D eigenvalue weighted by molar-refractivity contribution is -0.445. The SMILES string of the molecule is C=COC(O)(C(F)(F)F)C(F)(F)F. The molecular formula is C5H4F6O2. The Morgan fingerprint density at radius 2 is 1.31 bits per heavy atom. The maximum atomic E-state index is 11.6. The standard InChI is InChI=1S/C5H4F6O2/c1-2-13-3(12,4(6,7)8)5(9,10)11/h2,12H,1H2. The van der Waals surface area contributed by atoms with Crippen LogP contribution in [0.5, 0.6) is 0 Å². The normalized spacial score (nSPS) is 14.1. The molecular weight excluding hydrogens is 206 g/mol. The van der Waals surface area contributed by atoms with Crippen LogP contribution in [-0.2, 0) is 4.74 Å². The summed E-state index contributed by atoms with van der Waals surface area (Å²) in [4.78, 5) is 0. The molecule has 0 saturated heterocycles. The molecule has 8 heteroatoms. The Balaban J connectivity index is 5.07. The molecule has 78 valence electrons. The van der Waals surface area contributed by atoms with E-state index in [9.17, 15) is 26.3 Å². The average molecular weight is 210 g/mol. The van der Waals surface area contributed by atoms with Crippen LogP contribution in [0.4, 0.5) is 26.3 Å². The van der Waals surface area contributed by atoms with Gasteiger partial charge in [0.05, 0.1) is 6.26 Å². The summed E-state index contributed by atoms with van der Waals surface area (Å²) in [5.41, 5.74) is 0. The molecule has 0 fully saturated rings. The average Bonchev–Trinajstić information content (AvgIpc) is 1.82. The van der Waals surface area contributed by atoms with Gasteiger partial charge in [0, 0.05) is 0 Å². The Bertz CT molecular complexity index is 178. The Kier molecular flexibility index (Phi) is 2.87. The third kappa shape index (κ3) is 2.06. The van der Waals surface area contributed by atoms with E-state index in [0.29, 0.717) is 0 Å². The van der Waals surface area contributed by atoms with Crippen LogP contribution < -0.4 is 0 Å². The van der Waals surface area contributed by atoms with Crippen LogP contribution in [0.15, 0.2) is 12.8 Å². The van der Waals surface area contributed by atoms with Gasteiger partial charge in [0.2, 0.25) is 0 Å². The van der Waals surface area contributed by atoms with Gasteiger partial charge < -0.3 is 9.84 Å². The second kappa shape index (κ2) is 3.09. The van der Waals surface area contributed by atoms with Crippen LogP contribution in [0.3, 0.4) is 0 Å². The maximum Gasteiger partial charge on any atom is 0.465 e. The molecule has 0 aromatic carbocycles. The highest BCUT2D eigenvalue weighted by atomic mass is 19.4. The highest BCUT2D eigenvalue weighted by molar-refractivity contribution is 4.86. The van der Waals surface area contributed by atoms with Crippen LogP contribution in [0.25, 0.3) is 0 Å². The molecule has 0 aliphatic carbocycles. The van der Waals surface area contributed by atoms with Crippen LogP contribution in [0.2, 0.25) is 0 Å². The summed E-state index contributed by atoms with van der Waals surface area (Å²) in [6.07, 6.45) is -12.1. The van der Waals surface area contributed by atoms with E-state index in [0.717, 1.165) is 0 Å². The number of ether oxygens (including phenoxy) is 1. The second-order valence-corrected chi connectivity index (χ2v) is 1.92. The molecule has 0 spiro atoms. The number of hydrogen-bond donors (Lipinski definition) is 1. The van der Waals surface area contributed by atoms with Crippen molar-refractivity contribution >= 4 is 0 Å². The van der Waals surface area contributed by atoms with Crippen LogP contribution in [0.1, 0.15) is 0 Å². The molecule has 0 unspecified atom stereocenters. The summed E-state index contributed by atoms with van der Waals surface area (Å²) in [7, 11) is 0. The molecule has 0 heterocycles. The number of aliphatic hydroxyl groups is 1. The van der Waals surface area contributed by atoms with Crippen molar-refractivity contribution in [3.05, 3.63) is 12.8 Å². The fourth-order valence-corrected chi connectivity index (χ4v) is 0.415. The first-order chi connectivity index (χ1) is 5.56. The number of rotatable bonds is 2. The maximum absolute atomic E-state index is 11.6. The molecule has 0 aromatic rings. The minimum Gasteiger partial charge on any atom is -0.455 e. The van der Waals surface area contributed by atoms with Crippen LogP contribution in [0, 0.1) is 0 Å². The van der Waals surface area contributed by atoms with Crippen LogP contribution in [-0.4, -0.2) is 23.2 Å². The number of alkyl halides is 6. The van der Waals surface area contributed by atoms with Crippen molar-refractivity contribution in [3.63, 3.8) is 0 Å². The van der Waals surface area contributed by atoms with Gasteiger partial charge in [0.25, 0.3) is 0 Å². The summed E-state index contributed by atoms with van der Waals surface area (Å²) in [5, 5.41) is 8.14. The zero-order valence-corrected chi connectivity index (χ0v) is 5.91. The summed E-state index contributed by atoms with van der Waals surface area (Å²) in [6, 6.07) is 0. The monoisotopic (exact) mass is 210 g/mol. The van der Waals surface area contributed by atoms with Crippen molar-refractivity contribution in [1.29, 1.82) is 0 Å². The third-order valence-corrected chi connectivity index (χ3v) is 1.02. The highest BCUT2D eigenvalue weighted by Crippen LogP contribution is 2.43. The quantitative estimate of drug-likeness (QED) is 0.429. The predicted molar refractivity (Wildman–Crippen MR) is 28.3 cm³/mol. The molecule has 0 saturated carbocycles. The van der Waals surface area contributed by atoms with E-state index in [2.05, 4.69) is 11.3 Å². The number of hydrogen-bond acceptors (Lipinski definition) is 2. The Morgan fingerprint density at radius 3 is 1.38 bits per heavy atom. The summed E-state index contributed by atoms with van der Waals surface area (Å²) in [5.74, 6) is -5.19. The minimum absolute atomic E-state index is 0.138. The predicted octanol–water partition coefficient (Wildman–Crippen LogP) is 1.96. The molecule has 0 atom stereocenters. The molecule has 2 nitrogen and oxygen atoms in total. The zero-order valence-electron chi connectivity index (χ0n) is 5.91. The molecule has 13 heavy (non-hydrogen) atoms. The van der Waals surface area contributed by atoms with Crippen molar-refractivity contribution in [2.75, 3.05) is 0 Å². The minimum atomic E-state index is -5.97. The number of halogens is 6. The molecule has 0 aromatic heterocycles. The molecule has 0 aliphatic heterocycles. The van der Waals surface area contributed by atoms with Gasteiger partial charge in [-0.2, -0.15) is 26.3 Å². The summed E-state index contributed by atoms with van der Waals surface area (Å²) < 4.78 is 72.9. The molecule has 0 amide bonds. The fraction of sp³-hybridized carbons (Fsp3) is 0.600. The van der Waals surface area contributed by atoms with Gasteiger partial charge in [0.15, 0.2) is 0 Å². The van der Waals surface area contributed by atoms with Gasteiger partial charge in [-0.05, 0) is 0 Å². The first kappa shape index (κ1) is 12.1. The third-order valence-electron chi connectivity index (χ3n) is 1.02. The van der Waals surface area contributed by atoms with Crippen LogP contribution >= 0.6 is 0 Å². The Morgan fingerprint density at radius 1 is 1.00 bits per heavy atom. The van der Waals surface area contributed by atoms with Gasteiger partial charge in [-0.3, -0.25) is 0 Å². The lowest BCUT2D eigenvalue weighted by Gasteiger charge is -2.30. The van der Waals surface area contributed by atoms with Crippen molar-refractivity contribution < 1.29 is 36.2 Å². The smallest absolute Gasteiger partial charge is 0.455 e. The molecule has 0 rings (SSSR count). The van der Waals surface area contributed by atoms with E-state index in [-0.39, 0.29) is 6.26 Å². The van der Waals surface area contributed by atoms with E-state index >= 15 is 0 Å². The van der Waals surface area contributed by atoms with E-state index in [1.807, 2.05) is 0 Å². The second-order valence-electron chi connectivity index (χ2n) is 1.92. The highest BCUT2D eigenvalue weighted by Gasteiger charge is 2.73. The molecule has 0 aliphatic rings. The Labute approximate surface area is 68.4 Å². The van der Waals surface area contributed by atoms with E-state index in [1.165, 1.54) is 0 Å². The lowest BCUT2D eigenvalue weighted by Crippen LogP contribution is -2.57. The van der Waals surface area contributed by atoms with Gasteiger partial charge in [-0.1, -0.05) is 6.58 Å². The molecule has 1 N–H and O–H groups in total. The van der Waals surface area contributed by atoms with E-state index < -0.39 is 18.1 Å². The van der Waals surface area contributed by atoms with Crippen molar-refractivity contribution in [3.8, 4) is 0 Å².